The summed E-state index contributed by atoms with van der Waals surface area (Å²) < 4.78 is 11.4. The van der Waals surface area contributed by atoms with Crippen LogP contribution < -0.4 is 5.73 Å². The first-order valence-corrected chi connectivity index (χ1v) is 2.73. The van der Waals surface area contributed by atoms with E-state index < -0.39 is 18.7 Å². The highest BCUT2D eigenvalue weighted by atomic mass is 19.1. The van der Waals surface area contributed by atoms with Gasteiger partial charge in [0.15, 0.2) is 0 Å². The summed E-state index contributed by atoms with van der Waals surface area (Å²) in [6.07, 6.45) is 0.444. The number of halogens is 1. The van der Waals surface area contributed by atoms with E-state index in [4.69, 9.17) is 10.8 Å². The van der Waals surface area contributed by atoms with E-state index >= 15 is 0 Å². The Balaban J connectivity index is 3.27. The summed E-state index contributed by atoms with van der Waals surface area (Å²) in [5, 5.41) is 8.16. The molecule has 0 saturated carbocycles. The molecule has 0 aromatic carbocycles. The summed E-state index contributed by atoms with van der Waals surface area (Å²) in [6, 6.07) is -0.902. The zero-order valence-corrected chi connectivity index (χ0v) is 5.01. The lowest BCUT2D eigenvalue weighted by Gasteiger charge is -2.01. The third kappa shape index (κ3) is 3.90. The molecule has 1 atom stereocenters. The van der Waals surface area contributed by atoms with Crippen molar-refractivity contribution in [2.45, 2.75) is 18.9 Å². The van der Waals surface area contributed by atoms with Crippen molar-refractivity contribution >= 4 is 5.97 Å². The van der Waals surface area contributed by atoms with E-state index in [1.807, 2.05) is 0 Å². The van der Waals surface area contributed by atoms with Crippen LogP contribution in [0.1, 0.15) is 12.8 Å². The maximum atomic E-state index is 11.4. The summed E-state index contributed by atoms with van der Waals surface area (Å²) in [6.45, 7) is -0.499. The Morgan fingerprint density at radius 1 is 1.78 bits per heavy atom. The summed E-state index contributed by atoms with van der Waals surface area (Å²) in [7, 11) is 0. The molecule has 0 aliphatic rings. The number of nitrogens with two attached hydrogens (primary N) is 1. The summed E-state index contributed by atoms with van der Waals surface area (Å²) in [5.41, 5.74) is 5.04. The van der Waals surface area contributed by atoms with Crippen molar-refractivity contribution in [3.63, 3.8) is 0 Å². The molecule has 0 heterocycles. The maximum absolute atomic E-state index is 11.4. The van der Waals surface area contributed by atoms with E-state index in [0.29, 0.717) is 0 Å². The van der Waals surface area contributed by atoms with E-state index in [1.54, 1.807) is 0 Å². The Kier molecular flexibility index (Phi) is 3.96. The smallest absolute Gasteiger partial charge is 0.320 e. The molecule has 0 fully saturated rings. The molecule has 0 rings (SSSR count). The van der Waals surface area contributed by atoms with E-state index in [2.05, 4.69) is 0 Å². The van der Waals surface area contributed by atoms with E-state index in [1.165, 1.54) is 0 Å². The highest BCUT2D eigenvalue weighted by Gasteiger charge is 2.09. The Hall–Kier alpha value is -0.640. The Morgan fingerprint density at radius 3 is 2.67 bits per heavy atom. The molecule has 1 unspecified atom stereocenters. The lowest BCUT2D eigenvalue weighted by molar-refractivity contribution is -0.138. The number of hydrogen-bond donors (Lipinski definition) is 2. The van der Waals surface area contributed by atoms with Crippen LogP contribution in [-0.4, -0.2) is 23.8 Å². The van der Waals surface area contributed by atoms with Crippen molar-refractivity contribution in [1.82, 2.24) is 0 Å². The molecule has 9 heavy (non-hydrogen) atoms. The third-order valence-corrected chi connectivity index (χ3v) is 0.966. The van der Waals surface area contributed by atoms with E-state index in [0.717, 1.165) is 0 Å². The minimum absolute atomic E-state index is 0.214. The predicted octanol–water partition coefficient (Wildman–Crippen LogP) is 0.148. The van der Waals surface area contributed by atoms with Gasteiger partial charge in [-0.25, -0.2) is 0 Å². The van der Waals surface area contributed by atoms with E-state index in [9.17, 15) is 9.18 Å². The fraction of sp³-hybridized carbons (Fsp3) is 0.800. The summed E-state index contributed by atoms with van der Waals surface area (Å²) in [5.74, 6) is -1.07. The van der Waals surface area contributed by atoms with Crippen LogP contribution >= 0.6 is 0 Å². The van der Waals surface area contributed by atoms with Gasteiger partial charge >= 0.3 is 5.97 Å². The zero-order chi connectivity index (χ0) is 7.28. The molecule has 4 heteroatoms. The van der Waals surface area contributed by atoms with Crippen LogP contribution in [0.15, 0.2) is 0 Å². The van der Waals surface area contributed by atoms with Crippen molar-refractivity contribution in [3.05, 3.63) is 0 Å². The second-order valence-electron chi connectivity index (χ2n) is 1.78. The van der Waals surface area contributed by atoms with Gasteiger partial charge < -0.3 is 10.8 Å². The number of alkyl halides is 1. The van der Waals surface area contributed by atoms with Crippen LogP contribution in [-0.2, 0) is 4.79 Å². The van der Waals surface area contributed by atoms with Gasteiger partial charge in [-0.1, -0.05) is 0 Å². The average Bonchev–Trinajstić information content (AvgIpc) is 1.82. The van der Waals surface area contributed by atoms with Crippen LogP contribution in [0.5, 0.6) is 0 Å². The van der Waals surface area contributed by atoms with Crippen molar-refractivity contribution in [3.8, 4) is 0 Å². The van der Waals surface area contributed by atoms with Gasteiger partial charge in [-0.05, 0) is 12.8 Å². The van der Waals surface area contributed by atoms with Crippen LogP contribution in [0.25, 0.3) is 0 Å². The first-order valence-electron chi connectivity index (χ1n) is 2.73. The molecule has 0 bridgehead atoms. The molecule has 0 aromatic heterocycles. The van der Waals surface area contributed by atoms with Gasteiger partial charge in [-0.2, -0.15) is 0 Å². The van der Waals surface area contributed by atoms with Crippen molar-refractivity contribution in [1.29, 1.82) is 0 Å². The minimum atomic E-state index is -1.07. The molecule has 0 aromatic rings. The summed E-state index contributed by atoms with van der Waals surface area (Å²) in [4.78, 5) is 9.96. The van der Waals surface area contributed by atoms with Gasteiger partial charge in [0.05, 0.1) is 6.67 Å². The van der Waals surface area contributed by atoms with Crippen LogP contribution in [0.3, 0.4) is 0 Å². The van der Waals surface area contributed by atoms with Gasteiger partial charge in [0.2, 0.25) is 0 Å². The molecule has 54 valence electrons. The number of aliphatic carboxylic acids is 1. The number of carboxylic acid groups (broad SMARTS) is 1. The predicted molar refractivity (Wildman–Crippen MR) is 30.8 cm³/mol. The standard InChI is InChI=1S/C5H10FNO2/c6-3-1-2-4(7)5(8)9/h4H,1-3,7H2,(H,8,9). The second kappa shape index (κ2) is 4.26. The van der Waals surface area contributed by atoms with Crippen molar-refractivity contribution in [2.75, 3.05) is 6.67 Å². The van der Waals surface area contributed by atoms with Crippen LogP contribution in [0.4, 0.5) is 4.39 Å². The van der Waals surface area contributed by atoms with Crippen LogP contribution in [0.2, 0.25) is 0 Å². The lowest BCUT2D eigenvalue weighted by atomic mass is 10.2. The maximum Gasteiger partial charge on any atom is 0.320 e. The van der Waals surface area contributed by atoms with E-state index in [-0.39, 0.29) is 12.8 Å². The van der Waals surface area contributed by atoms with Gasteiger partial charge in [-0.15, -0.1) is 0 Å². The van der Waals surface area contributed by atoms with Gasteiger partial charge in [0.25, 0.3) is 0 Å². The summed E-state index contributed by atoms with van der Waals surface area (Å²) >= 11 is 0. The number of rotatable bonds is 4. The first kappa shape index (κ1) is 8.36. The topological polar surface area (TPSA) is 63.3 Å². The molecule has 0 aliphatic heterocycles. The second-order valence-corrected chi connectivity index (χ2v) is 1.78. The molecule has 0 amide bonds. The first-order chi connectivity index (χ1) is 4.18. The zero-order valence-electron chi connectivity index (χ0n) is 5.01. The Morgan fingerprint density at radius 2 is 2.33 bits per heavy atom. The molecule has 0 spiro atoms. The number of carbonyl (C=O) groups is 1. The quantitative estimate of drug-likeness (QED) is 0.576. The molecule has 3 N–H and O–H groups in total. The SMILES string of the molecule is NC(CCCF)C(=O)O. The van der Waals surface area contributed by atoms with Crippen molar-refractivity contribution in [2.24, 2.45) is 5.73 Å². The highest BCUT2D eigenvalue weighted by Crippen LogP contribution is 1.93. The Labute approximate surface area is 52.7 Å². The fourth-order valence-electron chi connectivity index (χ4n) is 0.421. The molecular formula is C5H10FNO2. The molecule has 0 radical (unpaired) electrons. The largest absolute Gasteiger partial charge is 0.480 e. The number of hydrogen-bond acceptors (Lipinski definition) is 2. The molecule has 0 aliphatic carbocycles. The minimum Gasteiger partial charge on any atom is -0.480 e. The average molecular weight is 135 g/mol. The normalized spacial score (nSPS) is 13.1. The lowest BCUT2D eigenvalue weighted by Crippen LogP contribution is -2.29. The molecule has 0 saturated heterocycles. The highest BCUT2D eigenvalue weighted by molar-refractivity contribution is 5.72. The number of carboxylic acids is 1. The van der Waals surface area contributed by atoms with Gasteiger partial charge in [0.1, 0.15) is 6.04 Å². The van der Waals surface area contributed by atoms with Gasteiger partial charge in [-0.3, -0.25) is 9.18 Å². The monoisotopic (exact) mass is 135 g/mol. The van der Waals surface area contributed by atoms with Crippen molar-refractivity contribution < 1.29 is 14.3 Å². The fourth-order valence-corrected chi connectivity index (χ4v) is 0.421. The molecular weight excluding hydrogens is 125 g/mol. The molecule has 3 nitrogen and oxygen atoms in total. The third-order valence-electron chi connectivity index (χ3n) is 0.966. The van der Waals surface area contributed by atoms with Gasteiger partial charge in [0, 0.05) is 0 Å². The van der Waals surface area contributed by atoms with Crippen LogP contribution in [0, 0.1) is 0 Å². The Bertz CT molecular complexity index is 97.0.